The first-order chi connectivity index (χ1) is 6.98. The summed E-state index contributed by atoms with van der Waals surface area (Å²) in [6, 6.07) is 6.58. The Morgan fingerprint density at radius 1 is 1.33 bits per heavy atom. The van der Waals surface area contributed by atoms with Gasteiger partial charge in [0, 0.05) is 16.7 Å². The smallest absolute Gasteiger partial charge is 0.0387 e. The first kappa shape index (κ1) is 11.0. The zero-order valence-electron chi connectivity index (χ0n) is 9.60. The van der Waals surface area contributed by atoms with E-state index >= 15 is 0 Å². The minimum Gasteiger partial charge on any atom is -0.385 e. The Kier molecular flexibility index (Phi) is 2.80. The van der Waals surface area contributed by atoms with Crippen molar-refractivity contribution in [2.75, 3.05) is 11.9 Å². The van der Waals surface area contributed by atoms with Gasteiger partial charge in [0.2, 0.25) is 0 Å². The zero-order chi connectivity index (χ0) is 11.1. The van der Waals surface area contributed by atoms with Gasteiger partial charge >= 0.3 is 0 Å². The van der Waals surface area contributed by atoms with E-state index in [1.807, 2.05) is 0 Å². The van der Waals surface area contributed by atoms with Gasteiger partial charge in [0.05, 0.1) is 0 Å². The van der Waals surface area contributed by atoms with E-state index in [0.717, 1.165) is 11.0 Å². The van der Waals surface area contributed by atoms with Gasteiger partial charge in [0.15, 0.2) is 0 Å². The van der Waals surface area contributed by atoms with E-state index in [0.29, 0.717) is 11.3 Å². The second-order valence-electron chi connectivity index (χ2n) is 5.37. The molecular weight excluding hydrogens is 250 g/mol. The van der Waals surface area contributed by atoms with Gasteiger partial charge in [-0.05, 0) is 35.4 Å². The van der Waals surface area contributed by atoms with Crippen LogP contribution in [0.4, 0.5) is 5.69 Å². The lowest BCUT2D eigenvalue weighted by Gasteiger charge is -2.36. The monoisotopic (exact) mass is 267 g/mol. The molecule has 2 rings (SSSR count). The number of nitrogens with one attached hydrogen (secondary N) is 1. The van der Waals surface area contributed by atoms with E-state index < -0.39 is 0 Å². The van der Waals surface area contributed by atoms with Crippen molar-refractivity contribution in [1.82, 2.24) is 0 Å². The second kappa shape index (κ2) is 3.82. The molecule has 1 heterocycles. The van der Waals surface area contributed by atoms with Crippen molar-refractivity contribution in [3.05, 3.63) is 28.2 Å². The molecule has 1 nitrogen and oxygen atoms in total. The van der Waals surface area contributed by atoms with Crippen LogP contribution in [-0.4, -0.2) is 6.54 Å². The van der Waals surface area contributed by atoms with Crippen molar-refractivity contribution in [2.45, 2.75) is 33.1 Å². The maximum Gasteiger partial charge on any atom is 0.0387 e. The Morgan fingerprint density at radius 2 is 2.07 bits per heavy atom. The molecule has 0 saturated heterocycles. The fourth-order valence-corrected chi connectivity index (χ4v) is 2.75. The SMILES string of the molecule is CC(C)(C)C1CCNc2cc(Br)ccc21. The molecule has 0 bridgehead atoms. The lowest BCUT2D eigenvalue weighted by molar-refractivity contribution is 0.305. The average molecular weight is 268 g/mol. The predicted molar refractivity (Wildman–Crippen MR) is 69.4 cm³/mol. The number of fused-ring (bicyclic) bond motifs is 1. The first-order valence-electron chi connectivity index (χ1n) is 5.52. The third kappa shape index (κ3) is 2.20. The molecule has 1 N–H and O–H groups in total. The van der Waals surface area contributed by atoms with Crippen LogP contribution in [0.1, 0.15) is 38.7 Å². The van der Waals surface area contributed by atoms with Crippen LogP contribution < -0.4 is 5.32 Å². The fraction of sp³-hybridized carbons (Fsp3) is 0.538. The maximum absolute atomic E-state index is 3.52. The molecule has 1 aliphatic rings. The lowest BCUT2D eigenvalue weighted by atomic mass is 9.73. The molecule has 0 saturated carbocycles. The molecule has 1 atom stereocenters. The average Bonchev–Trinajstić information content (AvgIpc) is 2.15. The van der Waals surface area contributed by atoms with E-state index in [1.165, 1.54) is 17.7 Å². The van der Waals surface area contributed by atoms with Gasteiger partial charge in [-0.15, -0.1) is 0 Å². The van der Waals surface area contributed by atoms with E-state index in [1.54, 1.807) is 0 Å². The number of halogens is 1. The molecule has 0 aromatic heterocycles. The summed E-state index contributed by atoms with van der Waals surface area (Å²) >= 11 is 3.52. The predicted octanol–water partition coefficient (Wildman–Crippen LogP) is 4.39. The van der Waals surface area contributed by atoms with Gasteiger partial charge in [0.1, 0.15) is 0 Å². The number of benzene rings is 1. The normalized spacial score (nSPS) is 20.7. The third-order valence-electron chi connectivity index (χ3n) is 3.18. The van der Waals surface area contributed by atoms with Crippen LogP contribution in [-0.2, 0) is 0 Å². The van der Waals surface area contributed by atoms with Crippen LogP contribution in [0.15, 0.2) is 22.7 Å². The fourth-order valence-electron chi connectivity index (χ4n) is 2.39. The Bertz CT molecular complexity index is 365. The molecule has 1 aromatic carbocycles. The maximum atomic E-state index is 3.52. The summed E-state index contributed by atoms with van der Waals surface area (Å²) in [5.41, 5.74) is 3.12. The summed E-state index contributed by atoms with van der Waals surface area (Å²) in [5, 5.41) is 3.48. The number of rotatable bonds is 0. The lowest BCUT2D eigenvalue weighted by Crippen LogP contribution is -2.26. The van der Waals surface area contributed by atoms with Gasteiger partial charge in [-0.3, -0.25) is 0 Å². The van der Waals surface area contributed by atoms with Crippen LogP contribution in [0, 0.1) is 5.41 Å². The Hall–Kier alpha value is -0.500. The molecule has 1 aliphatic heterocycles. The van der Waals surface area contributed by atoms with Crippen molar-refractivity contribution in [3.63, 3.8) is 0 Å². The van der Waals surface area contributed by atoms with Gasteiger partial charge in [-0.25, -0.2) is 0 Å². The van der Waals surface area contributed by atoms with Crippen LogP contribution >= 0.6 is 15.9 Å². The standard InChI is InChI=1S/C13H18BrN/c1-13(2,3)11-6-7-15-12-8-9(14)4-5-10(11)12/h4-5,8,11,15H,6-7H2,1-3H3. The van der Waals surface area contributed by atoms with E-state index in [4.69, 9.17) is 0 Å². The number of hydrogen-bond acceptors (Lipinski definition) is 1. The summed E-state index contributed by atoms with van der Waals surface area (Å²) in [6.45, 7) is 8.07. The molecular formula is C13H18BrN. The minimum absolute atomic E-state index is 0.352. The highest BCUT2D eigenvalue weighted by atomic mass is 79.9. The van der Waals surface area contributed by atoms with Gasteiger partial charge in [-0.1, -0.05) is 42.8 Å². The van der Waals surface area contributed by atoms with Crippen LogP contribution in [0.25, 0.3) is 0 Å². The summed E-state index contributed by atoms with van der Waals surface area (Å²) in [6.07, 6.45) is 1.23. The highest BCUT2D eigenvalue weighted by Crippen LogP contribution is 2.43. The molecule has 82 valence electrons. The molecule has 1 unspecified atom stereocenters. The topological polar surface area (TPSA) is 12.0 Å². The molecule has 0 spiro atoms. The Labute approximate surface area is 100 Å². The van der Waals surface area contributed by atoms with E-state index in [2.05, 4.69) is 60.2 Å². The van der Waals surface area contributed by atoms with Crippen molar-refractivity contribution in [1.29, 1.82) is 0 Å². The number of hydrogen-bond donors (Lipinski definition) is 1. The van der Waals surface area contributed by atoms with Gasteiger partial charge in [-0.2, -0.15) is 0 Å². The van der Waals surface area contributed by atoms with Crippen molar-refractivity contribution in [2.24, 2.45) is 5.41 Å². The molecule has 0 fully saturated rings. The van der Waals surface area contributed by atoms with Crippen LogP contribution in [0.3, 0.4) is 0 Å². The quantitative estimate of drug-likeness (QED) is 0.735. The molecule has 2 heteroatoms. The Morgan fingerprint density at radius 3 is 2.73 bits per heavy atom. The van der Waals surface area contributed by atoms with Gasteiger partial charge in [0.25, 0.3) is 0 Å². The van der Waals surface area contributed by atoms with Crippen molar-refractivity contribution < 1.29 is 0 Å². The summed E-state index contributed by atoms with van der Waals surface area (Å²) in [7, 11) is 0. The highest BCUT2D eigenvalue weighted by molar-refractivity contribution is 9.10. The second-order valence-corrected chi connectivity index (χ2v) is 6.28. The first-order valence-corrected chi connectivity index (χ1v) is 6.31. The Balaban J connectivity index is 2.43. The van der Waals surface area contributed by atoms with E-state index in [-0.39, 0.29) is 0 Å². The van der Waals surface area contributed by atoms with Crippen molar-refractivity contribution in [3.8, 4) is 0 Å². The molecule has 0 radical (unpaired) electrons. The largest absolute Gasteiger partial charge is 0.385 e. The summed E-state index contributed by atoms with van der Waals surface area (Å²) in [4.78, 5) is 0. The van der Waals surface area contributed by atoms with Gasteiger partial charge < -0.3 is 5.32 Å². The van der Waals surface area contributed by atoms with Crippen LogP contribution in [0.2, 0.25) is 0 Å². The number of anilines is 1. The molecule has 15 heavy (non-hydrogen) atoms. The van der Waals surface area contributed by atoms with E-state index in [9.17, 15) is 0 Å². The molecule has 0 amide bonds. The minimum atomic E-state index is 0.352. The molecule has 0 aliphatic carbocycles. The summed E-state index contributed by atoms with van der Waals surface area (Å²) < 4.78 is 1.16. The zero-order valence-corrected chi connectivity index (χ0v) is 11.2. The van der Waals surface area contributed by atoms with Crippen LogP contribution in [0.5, 0.6) is 0 Å². The summed E-state index contributed by atoms with van der Waals surface area (Å²) in [5.74, 6) is 0.668. The molecule has 1 aromatic rings. The van der Waals surface area contributed by atoms with Crippen molar-refractivity contribution >= 4 is 21.6 Å². The highest BCUT2D eigenvalue weighted by Gasteiger charge is 2.30. The third-order valence-corrected chi connectivity index (χ3v) is 3.68.